The highest BCUT2D eigenvalue weighted by molar-refractivity contribution is 6.12. The van der Waals surface area contributed by atoms with Gasteiger partial charge in [-0.1, -0.05) is 181 Å². The highest BCUT2D eigenvalue weighted by Gasteiger charge is 2.21. The van der Waals surface area contributed by atoms with Crippen LogP contribution in [0.1, 0.15) is 16.7 Å². The summed E-state index contributed by atoms with van der Waals surface area (Å²) >= 11 is 0. The number of nitrogens with zero attached hydrogens (tertiary/aromatic N) is 5. The fourth-order valence-electron chi connectivity index (χ4n) is 10.9. The van der Waals surface area contributed by atoms with Gasteiger partial charge in [0.1, 0.15) is 0 Å². The van der Waals surface area contributed by atoms with E-state index in [2.05, 4.69) is 290 Å². The number of aromatic nitrogens is 3. The van der Waals surface area contributed by atoms with Crippen LogP contribution in [0.5, 0.6) is 0 Å². The van der Waals surface area contributed by atoms with Crippen molar-refractivity contribution in [2.75, 3.05) is 9.80 Å². The van der Waals surface area contributed by atoms with Crippen LogP contribution < -0.4 is 9.80 Å². The van der Waals surface area contributed by atoms with Gasteiger partial charge in [-0.25, -0.2) is 9.97 Å². The second-order valence-electron chi connectivity index (χ2n) is 20.1. The Balaban J connectivity index is 0.858. The Morgan fingerprint density at radius 1 is 0.295 bits per heavy atom. The lowest BCUT2D eigenvalue weighted by Crippen LogP contribution is -2.10. The molecule has 0 aliphatic carbocycles. The summed E-state index contributed by atoms with van der Waals surface area (Å²) < 4.78 is 2.42. The quantitative estimate of drug-likeness (QED) is 0.122. The number of para-hydroxylation sites is 2. The molecular formula is C73H55N5. The Labute approximate surface area is 456 Å². The maximum absolute atomic E-state index is 5.09. The van der Waals surface area contributed by atoms with Crippen LogP contribution in [0.2, 0.25) is 0 Å². The second-order valence-corrected chi connectivity index (χ2v) is 20.1. The van der Waals surface area contributed by atoms with Crippen molar-refractivity contribution in [3.05, 3.63) is 296 Å². The Hall–Kier alpha value is -10.1. The molecule has 0 fully saturated rings. The molecule has 0 N–H and O–H groups in total. The molecule has 78 heavy (non-hydrogen) atoms. The van der Waals surface area contributed by atoms with Crippen LogP contribution in [0.4, 0.5) is 34.1 Å². The van der Waals surface area contributed by atoms with Crippen LogP contribution in [0, 0.1) is 20.8 Å². The predicted octanol–water partition coefficient (Wildman–Crippen LogP) is 19.8. The summed E-state index contributed by atoms with van der Waals surface area (Å²) in [5, 5.41) is 2.34. The summed E-state index contributed by atoms with van der Waals surface area (Å²) in [5.74, 6) is 0.713. The molecule has 0 saturated heterocycles. The topological polar surface area (TPSA) is 37.2 Å². The molecular weight excluding hydrogens is 947 g/mol. The third-order valence-electron chi connectivity index (χ3n) is 14.9. The molecule has 0 aliphatic rings. The van der Waals surface area contributed by atoms with E-state index >= 15 is 0 Å². The van der Waals surface area contributed by atoms with E-state index in [1.807, 2.05) is 24.3 Å². The Bertz CT molecular complexity index is 4090. The van der Waals surface area contributed by atoms with E-state index in [1.165, 1.54) is 38.6 Å². The third kappa shape index (κ3) is 9.29. The molecule has 5 heteroatoms. The fraction of sp³-hybridized carbons (Fsp3) is 0.0411. The summed E-state index contributed by atoms with van der Waals surface area (Å²) in [6.45, 7) is 6.47. The minimum Gasteiger partial charge on any atom is -0.310 e. The lowest BCUT2D eigenvalue weighted by Gasteiger charge is -2.26. The van der Waals surface area contributed by atoms with Crippen LogP contribution in [-0.2, 0) is 0 Å². The molecule has 0 bridgehead atoms. The van der Waals surface area contributed by atoms with Gasteiger partial charge in [-0.3, -0.25) is 0 Å². The summed E-state index contributed by atoms with van der Waals surface area (Å²) in [6, 6.07) is 100. The van der Waals surface area contributed by atoms with E-state index < -0.39 is 0 Å². The van der Waals surface area contributed by atoms with Crippen molar-refractivity contribution < 1.29 is 0 Å². The Morgan fingerprint density at radius 2 is 0.692 bits per heavy atom. The van der Waals surface area contributed by atoms with Crippen molar-refractivity contribution in [1.29, 1.82) is 0 Å². The SMILES string of the molecule is Cc1ccc(N(c2ccc(C)cc2)c2ccc3c(c2)c2cc(N(c4ccccc4)c4ccccc4)ccc2n3-c2ccc(-c3ccc(-c4ccc(-c5cc(-c6ccccc6)nc(-c6ccccc6)n5)cc4C)cc3)cc2)cc1. The van der Waals surface area contributed by atoms with Gasteiger partial charge in [-0.2, -0.15) is 0 Å². The van der Waals surface area contributed by atoms with Gasteiger partial charge in [0.25, 0.3) is 0 Å². The molecule has 0 saturated carbocycles. The molecule has 0 spiro atoms. The van der Waals surface area contributed by atoms with Gasteiger partial charge >= 0.3 is 0 Å². The van der Waals surface area contributed by atoms with Crippen molar-refractivity contribution in [2.24, 2.45) is 0 Å². The molecule has 5 nitrogen and oxygen atoms in total. The monoisotopic (exact) mass is 1000 g/mol. The van der Waals surface area contributed by atoms with Gasteiger partial charge in [-0.05, 0) is 158 Å². The molecule has 13 rings (SSSR count). The molecule has 2 heterocycles. The summed E-state index contributed by atoms with van der Waals surface area (Å²) in [4.78, 5) is 14.8. The standard InChI is InChI=1S/C73H55N5/c1-50-24-35-61(36-25-50)77(62-37-26-51(2)27-38-62)65-42-45-72-68(48-65)67-47-64(76(59-20-12-6-13-21-59)60-22-14-7-15-23-60)41-44-71(67)78(72)63-39-32-54(33-40-63)53-28-30-55(31-29-53)66-43-34-58(46-52(66)3)70-49-69(56-16-8-4-9-17-56)74-73(75-70)57-18-10-5-11-19-57/h4-49H,1-3H3. The number of hydrogen-bond acceptors (Lipinski definition) is 4. The lowest BCUT2D eigenvalue weighted by molar-refractivity contribution is 1.18. The molecule has 0 unspecified atom stereocenters. The number of rotatable bonds is 12. The van der Waals surface area contributed by atoms with Crippen molar-refractivity contribution in [2.45, 2.75) is 20.8 Å². The lowest BCUT2D eigenvalue weighted by atomic mass is 9.95. The van der Waals surface area contributed by atoms with Crippen LogP contribution in [0.15, 0.2) is 279 Å². The Morgan fingerprint density at radius 3 is 1.18 bits per heavy atom. The van der Waals surface area contributed by atoms with Crippen LogP contribution >= 0.6 is 0 Å². The van der Waals surface area contributed by atoms with Crippen molar-refractivity contribution in [3.8, 4) is 61.8 Å². The smallest absolute Gasteiger partial charge is 0.160 e. The number of hydrogen-bond donors (Lipinski definition) is 0. The van der Waals surface area contributed by atoms with Gasteiger partial charge in [0, 0.05) is 67.3 Å². The summed E-state index contributed by atoms with van der Waals surface area (Å²) in [6.07, 6.45) is 0. The van der Waals surface area contributed by atoms with E-state index in [4.69, 9.17) is 9.97 Å². The number of anilines is 6. The first-order valence-corrected chi connectivity index (χ1v) is 26.6. The van der Waals surface area contributed by atoms with E-state index in [-0.39, 0.29) is 0 Å². The molecule has 0 amide bonds. The molecule has 0 aliphatic heterocycles. The van der Waals surface area contributed by atoms with Gasteiger partial charge in [0.15, 0.2) is 5.82 Å². The number of aryl methyl sites for hydroxylation is 3. The zero-order valence-electron chi connectivity index (χ0n) is 43.8. The van der Waals surface area contributed by atoms with E-state index in [9.17, 15) is 0 Å². The van der Waals surface area contributed by atoms with Gasteiger partial charge in [0.2, 0.25) is 0 Å². The number of benzene rings is 11. The Kier molecular flexibility index (Phi) is 12.5. The minimum atomic E-state index is 0.713. The highest BCUT2D eigenvalue weighted by atomic mass is 15.1. The van der Waals surface area contributed by atoms with Crippen molar-refractivity contribution >= 4 is 55.9 Å². The van der Waals surface area contributed by atoms with Crippen LogP contribution in [0.3, 0.4) is 0 Å². The summed E-state index contributed by atoms with van der Waals surface area (Å²) in [7, 11) is 0. The molecule has 372 valence electrons. The zero-order chi connectivity index (χ0) is 52.5. The largest absolute Gasteiger partial charge is 0.310 e. The van der Waals surface area contributed by atoms with Crippen LogP contribution in [0.25, 0.3) is 83.6 Å². The average Bonchev–Trinajstić information content (AvgIpc) is 4.04. The number of fused-ring (bicyclic) bond motifs is 3. The van der Waals surface area contributed by atoms with Crippen molar-refractivity contribution in [3.63, 3.8) is 0 Å². The van der Waals surface area contributed by atoms with Crippen LogP contribution in [-0.4, -0.2) is 14.5 Å². The molecule has 0 atom stereocenters. The average molecular weight is 1000 g/mol. The molecule has 0 radical (unpaired) electrons. The second kappa shape index (κ2) is 20.6. The minimum absolute atomic E-state index is 0.713. The first-order valence-electron chi connectivity index (χ1n) is 26.6. The normalized spacial score (nSPS) is 11.3. The predicted molar refractivity (Wildman–Crippen MR) is 327 cm³/mol. The first kappa shape index (κ1) is 47.6. The highest BCUT2D eigenvalue weighted by Crippen LogP contribution is 2.43. The third-order valence-corrected chi connectivity index (χ3v) is 14.9. The van der Waals surface area contributed by atoms with Gasteiger partial charge in [-0.15, -0.1) is 0 Å². The molecule has 2 aromatic heterocycles. The van der Waals surface area contributed by atoms with E-state index in [1.54, 1.807) is 0 Å². The maximum Gasteiger partial charge on any atom is 0.160 e. The zero-order valence-corrected chi connectivity index (χ0v) is 43.8. The van der Waals surface area contributed by atoms with Gasteiger partial charge in [0.05, 0.1) is 22.4 Å². The fourth-order valence-corrected chi connectivity index (χ4v) is 10.9. The molecule has 13 aromatic rings. The van der Waals surface area contributed by atoms with E-state index in [0.717, 1.165) is 90.1 Å². The maximum atomic E-state index is 5.09. The van der Waals surface area contributed by atoms with E-state index in [0.29, 0.717) is 5.82 Å². The van der Waals surface area contributed by atoms with Gasteiger partial charge < -0.3 is 14.4 Å². The summed E-state index contributed by atoms with van der Waals surface area (Å²) in [5.41, 5.74) is 23.2. The first-order chi connectivity index (χ1) is 38.4. The molecule has 11 aromatic carbocycles. The van der Waals surface area contributed by atoms with Crippen molar-refractivity contribution in [1.82, 2.24) is 14.5 Å².